The molecule has 0 unspecified atom stereocenters. The molecule has 0 atom stereocenters. The molecule has 0 N–H and O–H groups in total. The Labute approximate surface area is 135 Å². The molecule has 0 bridgehead atoms. The quantitative estimate of drug-likeness (QED) is 0.699. The van der Waals surface area contributed by atoms with Crippen LogP contribution in [0.15, 0.2) is 48.5 Å². The summed E-state index contributed by atoms with van der Waals surface area (Å²) < 4.78 is 0. The predicted molar refractivity (Wildman–Crippen MR) is 72.9 cm³/mol. The fourth-order valence-corrected chi connectivity index (χ4v) is 2.89. The van der Waals surface area contributed by atoms with Crippen molar-refractivity contribution in [3.05, 3.63) is 65.6 Å². The van der Waals surface area contributed by atoms with Crippen molar-refractivity contribution < 1.29 is 32.7 Å². The van der Waals surface area contributed by atoms with Gasteiger partial charge in [-0.2, -0.15) is 20.3 Å². The minimum absolute atomic E-state index is 0. The normalized spacial score (nSPS) is 13.1. The molecule has 0 heterocycles. The van der Waals surface area contributed by atoms with E-state index in [2.05, 4.69) is 62.4 Å². The topological polar surface area (TPSA) is 0 Å². The average Bonchev–Trinajstić information content (AvgIpc) is 2.65. The molecule has 1 heteroatoms. The van der Waals surface area contributed by atoms with Crippen LogP contribution in [0.5, 0.6) is 0 Å². The summed E-state index contributed by atoms with van der Waals surface area (Å²) in [5, 5.41) is 0. The fourth-order valence-electron chi connectivity index (χ4n) is 2.89. The van der Waals surface area contributed by atoms with Gasteiger partial charge >= 0.3 is 0 Å². The van der Waals surface area contributed by atoms with Gasteiger partial charge in [0.2, 0.25) is 0 Å². The molecule has 0 amide bonds. The average molecular weight is 310 g/mol. The van der Waals surface area contributed by atoms with Crippen LogP contribution in [-0.4, -0.2) is 0 Å². The Morgan fingerprint density at radius 3 is 1.72 bits per heavy atom. The molecule has 18 heavy (non-hydrogen) atoms. The van der Waals surface area contributed by atoms with E-state index in [-0.39, 0.29) is 32.7 Å². The van der Waals surface area contributed by atoms with Gasteiger partial charge in [0.05, 0.1) is 0 Å². The summed E-state index contributed by atoms with van der Waals surface area (Å²) in [4.78, 5) is 0. The van der Waals surface area contributed by atoms with Crippen LogP contribution in [0.4, 0.5) is 0 Å². The Morgan fingerprint density at radius 2 is 1.28 bits per heavy atom. The van der Waals surface area contributed by atoms with Crippen LogP contribution in [0.25, 0.3) is 11.1 Å². The first-order valence-corrected chi connectivity index (χ1v) is 6.24. The largest absolute Gasteiger partial charge is 0.319 e. The molecule has 1 radical (unpaired) electrons. The number of hydrogen-bond donors (Lipinski definition) is 0. The molecule has 0 saturated carbocycles. The third-order valence-corrected chi connectivity index (χ3v) is 3.57. The van der Waals surface area contributed by atoms with Gasteiger partial charge in [0.15, 0.2) is 0 Å². The standard InChI is InChI=1S/C17H17.Y/c1-12(2)11-17-15-9-5-3-7-13(15)14-8-4-6-10-16(14)17;/h3-10,17H,11H2,1-2H3;/q-1;. The van der Waals surface area contributed by atoms with E-state index in [4.69, 9.17) is 0 Å². The van der Waals surface area contributed by atoms with Crippen LogP contribution < -0.4 is 0 Å². The molecule has 2 aromatic rings. The van der Waals surface area contributed by atoms with Gasteiger partial charge in [-0.1, -0.05) is 48.5 Å². The summed E-state index contributed by atoms with van der Waals surface area (Å²) >= 11 is 0. The number of rotatable bonds is 2. The van der Waals surface area contributed by atoms with Crippen molar-refractivity contribution >= 4 is 0 Å². The molecule has 89 valence electrons. The Bertz CT molecular complexity index is 497. The predicted octanol–water partition coefficient (Wildman–Crippen LogP) is 4.80. The summed E-state index contributed by atoms with van der Waals surface area (Å²) in [6.07, 6.45) is 1.16. The van der Waals surface area contributed by atoms with Gasteiger partial charge in [-0.3, -0.25) is 0 Å². The van der Waals surface area contributed by atoms with Gasteiger partial charge in [-0.05, 0) is 28.2 Å². The summed E-state index contributed by atoms with van der Waals surface area (Å²) in [5.74, 6) is 2.06. The van der Waals surface area contributed by atoms with E-state index in [1.54, 1.807) is 0 Å². The van der Waals surface area contributed by atoms with E-state index >= 15 is 0 Å². The van der Waals surface area contributed by atoms with Crippen molar-refractivity contribution in [1.29, 1.82) is 0 Å². The third-order valence-electron chi connectivity index (χ3n) is 3.57. The van der Waals surface area contributed by atoms with E-state index in [9.17, 15) is 0 Å². The smallest absolute Gasteiger partial charge is 0 e. The molecule has 3 rings (SSSR count). The van der Waals surface area contributed by atoms with Crippen molar-refractivity contribution in [3.8, 4) is 11.1 Å². The van der Waals surface area contributed by atoms with E-state index in [0.29, 0.717) is 5.92 Å². The summed E-state index contributed by atoms with van der Waals surface area (Å²) in [7, 11) is 0. The molecular weight excluding hydrogens is 293 g/mol. The second-order valence-corrected chi connectivity index (χ2v) is 5.14. The zero-order valence-corrected chi connectivity index (χ0v) is 13.8. The fraction of sp³-hybridized carbons (Fsp3) is 0.235. The minimum atomic E-state index is 0. The molecule has 1 aliphatic rings. The van der Waals surface area contributed by atoms with Crippen molar-refractivity contribution in [3.63, 3.8) is 0 Å². The maximum atomic E-state index is 2.28. The Balaban J connectivity index is 0.00000120. The van der Waals surface area contributed by atoms with Gasteiger partial charge in [0.25, 0.3) is 0 Å². The number of hydrogen-bond acceptors (Lipinski definition) is 0. The van der Waals surface area contributed by atoms with E-state index in [1.807, 2.05) is 0 Å². The maximum absolute atomic E-state index is 2.28. The SMILES string of the molecule is C[C-](C)CC1c2ccccc2-c2ccccc21.[Y]. The summed E-state index contributed by atoms with van der Waals surface area (Å²) in [6.45, 7) is 4.45. The van der Waals surface area contributed by atoms with E-state index in [1.165, 1.54) is 28.2 Å². The first-order chi connectivity index (χ1) is 8.27. The van der Waals surface area contributed by atoms with Crippen molar-refractivity contribution in [2.24, 2.45) is 0 Å². The van der Waals surface area contributed by atoms with Crippen LogP contribution >= 0.6 is 0 Å². The molecule has 0 aliphatic heterocycles. The van der Waals surface area contributed by atoms with Gasteiger partial charge in [-0.25, -0.2) is 0 Å². The van der Waals surface area contributed by atoms with Gasteiger partial charge < -0.3 is 5.92 Å². The van der Waals surface area contributed by atoms with Gasteiger partial charge in [-0.15, -0.1) is 0 Å². The Kier molecular flexibility index (Phi) is 4.40. The summed E-state index contributed by atoms with van der Waals surface area (Å²) in [5.41, 5.74) is 5.84. The van der Waals surface area contributed by atoms with Gasteiger partial charge in [0, 0.05) is 32.7 Å². The second-order valence-electron chi connectivity index (χ2n) is 5.14. The van der Waals surface area contributed by atoms with E-state index in [0.717, 1.165) is 6.42 Å². The van der Waals surface area contributed by atoms with Crippen molar-refractivity contribution in [1.82, 2.24) is 0 Å². The van der Waals surface area contributed by atoms with Crippen LogP contribution in [0.1, 0.15) is 37.3 Å². The molecule has 0 fully saturated rings. The van der Waals surface area contributed by atoms with Crippen molar-refractivity contribution in [2.75, 3.05) is 0 Å². The zero-order valence-electron chi connectivity index (χ0n) is 11.0. The van der Waals surface area contributed by atoms with Crippen LogP contribution in [0, 0.1) is 5.92 Å². The molecule has 2 aromatic carbocycles. The molecule has 0 nitrogen and oxygen atoms in total. The van der Waals surface area contributed by atoms with Crippen molar-refractivity contribution in [2.45, 2.75) is 26.2 Å². The van der Waals surface area contributed by atoms with Crippen LogP contribution in [0.3, 0.4) is 0 Å². The number of benzene rings is 2. The minimum Gasteiger partial charge on any atom is -0.319 e. The first-order valence-electron chi connectivity index (χ1n) is 6.24. The molecule has 0 saturated heterocycles. The molecule has 0 aromatic heterocycles. The Hall–Kier alpha value is -0.456. The monoisotopic (exact) mass is 310 g/mol. The van der Waals surface area contributed by atoms with Crippen LogP contribution in [0.2, 0.25) is 0 Å². The van der Waals surface area contributed by atoms with Gasteiger partial charge in [0.1, 0.15) is 0 Å². The number of fused-ring (bicyclic) bond motifs is 3. The molecule has 0 spiro atoms. The third kappa shape index (κ3) is 2.33. The Morgan fingerprint density at radius 1 is 0.833 bits per heavy atom. The molecular formula is C17H17Y-. The first kappa shape index (κ1) is 14.0. The maximum Gasteiger partial charge on any atom is 0 e. The van der Waals surface area contributed by atoms with Crippen LogP contribution in [-0.2, 0) is 32.7 Å². The zero-order chi connectivity index (χ0) is 11.8. The van der Waals surface area contributed by atoms with E-state index < -0.39 is 0 Å². The summed E-state index contributed by atoms with van der Waals surface area (Å²) in [6, 6.07) is 17.6. The second kappa shape index (κ2) is 5.67. The molecule has 1 aliphatic carbocycles.